The molecule has 0 aromatic rings. The van der Waals surface area contributed by atoms with Gasteiger partial charge >= 0.3 is 5.97 Å². The molecule has 0 saturated heterocycles. The minimum Gasteiger partial charge on any atom is -0.480 e. The molecule has 190 valence electrons. The van der Waals surface area contributed by atoms with Crippen molar-refractivity contribution < 1.29 is 34.2 Å². The Bertz CT molecular complexity index is 686. The predicted octanol–water partition coefficient (Wildman–Crippen LogP) is -2.72. The molecule has 0 aliphatic rings. The molecule has 0 bridgehead atoms. The second kappa shape index (κ2) is 15.1. The fourth-order valence-electron chi connectivity index (χ4n) is 2.84. The van der Waals surface area contributed by atoms with E-state index in [0.717, 1.165) is 0 Å². The first kappa shape index (κ1) is 30.2. The highest BCUT2D eigenvalue weighted by atomic mass is 16.4. The topological polar surface area (TPSA) is 240 Å². The number of hydrogen-bond acceptors (Lipinski definition) is 8. The van der Waals surface area contributed by atoms with Crippen molar-refractivity contribution in [2.24, 2.45) is 23.1 Å². The lowest BCUT2D eigenvalue weighted by molar-refractivity contribution is -0.143. The Balaban J connectivity index is 5.42. The van der Waals surface area contributed by atoms with Crippen LogP contribution in [0.3, 0.4) is 0 Å². The van der Waals surface area contributed by atoms with E-state index in [9.17, 15) is 34.2 Å². The molecule has 0 aromatic heterocycles. The van der Waals surface area contributed by atoms with Crippen LogP contribution in [-0.2, 0) is 24.0 Å². The van der Waals surface area contributed by atoms with E-state index < -0.39 is 65.8 Å². The zero-order valence-corrected chi connectivity index (χ0v) is 19.4. The molecule has 5 atom stereocenters. The third-order valence-corrected chi connectivity index (χ3v) is 4.94. The first-order valence-electron chi connectivity index (χ1n) is 10.9. The Labute approximate surface area is 193 Å². The van der Waals surface area contributed by atoms with E-state index in [2.05, 4.69) is 16.0 Å². The van der Waals surface area contributed by atoms with Crippen molar-refractivity contribution in [1.82, 2.24) is 16.0 Å². The number of carbonyl (C=O) groups excluding carboxylic acids is 4. The summed E-state index contributed by atoms with van der Waals surface area (Å²) in [5.74, 6) is -4.66. The largest absolute Gasteiger partial charge is 0.480 e. The second-order valence-corrected chi connectivity index (χ2v) is 8.25. The van der Waals surface area contributed by atoms with Gasteiger partial charge in [-0.1, -0.05) is 13.8 Å². The normalized spacial score (nSPS) is 15.6. The van der Waals surface area contributed by atoms with Gasteiger partial charge in [0.2, 0.25) is 23.6 Å². The van der Waals surface area contributed by atoms with Crippen molar-refractivity contribution in [3.63, 3.8) is 0 Å². The molecule has 0 rings (SSSR count). The van der Waals surface area contributed by atoms with Gasteiger partial charge in [0, 0.05) is 6.42 Å². The third kappa shape index (κ3) is 11.6. The summed E-state index contributed by atoms with van der Waals surface area (Å²) >= 11 is 0. The van der Waals surface area contributed by atoms with Crippen molar-refractivity contribution in [1.29, 1.82) is 0 Å². The number of nitrogens with two attached hydrogens (primary N) is 3. The maximum Gasteiger partial charge on any atom is 0.326 e. The summed E-state index contributed by atoms with van der Waals surface area (Å²) in [6, 6.07) is -4.78. The first-order chi connectivity index (χ1) is 15.3. The van der Waals surface area contributed by atoms with E-state index in [4.69, 9.17) is 17.2 Å². The number of aliphatic carboxylic acids is 1. The van der Waals surface area contributed by atoms with Crippen molar-refractivity contribution in [3.05, 3.63) is 0 Å². The fourth-order valence-corrected chi connectivity index (χ4v) is 2.84. The molecular weight excluding hydrogens is 436 g/mol. The number of nitrogens with one attached hydrogen (secondary N) is 3. The minimum absolute atomic E-state index is 0.204. The first-order valence-corrected chi connectivity index (χ1v) is 10.9. The van der Waals surface area contributed by atoms with Gasteiger partial charge in [-0.15, -0.1) is 0 Å². The highest BCUT2D eigenvalue weighted by Crippen LogP contribution is 2.08. The zero-order valence-electron chi connectivity index (χ0n) is 19.4. The SMILES string of the molecule is CC(C)C(NC(=O)C(CCCCN)NC(=O)C(N)C(C)O)C(=O)NC(CCC(N)=O)C(=O)O. The maximum atomic E-state index is 12.9. The van der Waals surface area contributed by atoms with E-state index in [1.165, 1.54) is 6.92 Å². The molecule has 0 fully saturated rings. The molecule has 0 radical (unpaired) electrons. The van der Waals surface area contributed by atoms with Gasteiger partial charge in [-0.3, -0.25) is 19.2 Å². The van der Waals surface area contributed by atoms with Crippen molar-refractivity contribution in [2.45, 2.75) is 83.1 Å². The van der Waals surface area contributed by atoms with Crippen molar-refractivity contribution in [3.8, 4) is 0 Å². The van der Waals surface area contributed by atoms with E-state index in [0.29, 0.717) is 19.4 Å². The molecule has 33 heavy (non-hydrogen) atoms. The fraction of sp³-hybridized carbons (Fsp3) is 0.750. The highest BCUT2D eigenvalue weighted by Gasteiger charge is 2.32. The molecule has 0 saturated carbocycles. The number of carboxylic acids is 1. The number of carbonyl (C=O) groups is 5. The molecular formula is C20H38N6O7. The quantitative estimate of drug-likeness (QED) is 0.108. The van der Waals surface area contributed by atoms with Crippen LogP contribution in [0.4, 0.5) is 0 Å². The zero-order chi connectivity index (χ0) is 25.7. The molecule has 0 heterocycles. The molecule has 0 aliphatic heterocycles. The van der Waals surface area contributed by atoms with Gasteiger partial charge < -0.3 is 43.4 Å². The van der Waals surface area contributed by atoms with Gasteiger partial charge in [-0.05, 0) is 45.1 Å². The number of amides is 4. The number of carboxylic acid groups (broad SMARTS) is 1. The van der Waals surface area contributed by atoms with Crippen LogP contribution in [0.1, 0.15) is 52.9 Å². The van der Waals surface area contributed by atoms with E-state index in [1.54, 1.807) is 13.8 Å². The number of aliphatic hydroxyl groups excluding tert-OH is 1. The lowest BCUT2D eigenvalue weighted by Crippen LogP contribution is -2.59. The number of hydrogen-bond donors (Lipinski definition) is 8. The standard InChI is InChI=1S/C20H38N6O7/c1-10(2)16(19(31)25-13(20(32)33)7-8-14(22)28)26-17(29)12(6-4-5-9-21)24-18(30)15(23)11(3)27/h10-13,15-16,27H,4-9,21,23H2,1-3H3,(H2,22,28)(H,24,30)(H,25,31)(H,26,29)(H,32,33). The molecule has 0 aromatic carbocycles. The van der Waals surface area contributed by atoms with Crippen LogP contribution in [0.15, 0.2) is 0 Å². The summed E-state index contributed by atoms with van der Waals surface area (Å²) in [7, 11) is 0. The van der Waals surface area contributed by atoms with Gasteiger partial charge in [-0.2, -0.15) is 0 Å². The summed E-state index contributed by atoms with van der Waals surface area (Å²) in [4.78, 5) is 60.2. The van der Waals surface area contributed by atoms with Crippen LogP contribution < -0.4 is 33.2 Å². The lowest BCUT2D eigenvalue weighted by Gasteiger charge is -2.27. The minimum atomic E-state index is -1.37. The molecule has 11 N–H and O–H groups in total. The summed E-state index contributed by atoms with van der Waals surface area (Å²) in [5.41, 5.74) is 16.2. The molecule has 4 amide bonds. The molecule has 0 spiro atoms. The summed E-state index contributed by atoms with van der Waals surface area (Å²) in [5, 5.41) is 26.1. The van der Waals surface area contributed by atoms with Gasteiger partial charge in [0.1, 0.15) is 24.2 Å². The van der Waals surface area contributed by atoms with Crippen molar-refractivity contribution >= 4 is 29.6 Å². The lowest BCUT2D eigenvalue weighted by atomic mass is 10.0. The molecule has 0 aliphatic carbocycles. The monoisotopic (exact) mass is 474 g/mol. The van der Waals surface area contributed by atoms with Crippen LogP contribution in [0.2, 0.25) is 0 Å². The van der Waals surface area contributed by atoms with E-state index in [-0.39, 0.29) is 19.3 Å². The summed E-state index contributed by atoms with van der Waals surface area (Å²) in [6.07, 6.45) is -0.273. The highest BCUT2D eigenvalue weighted by molar-refractivity contribution is 5.94. The van der Waals surface area contributed by atoms with Crippen LogP contribution in [0.25, 0.3) is 0 Å². The van der Waals surface area contributed by atoms with Crippen LogP contribution in [0.5, 0.6) is 0 Å². The summed E-state index contributed by atoms with van der Waals surface area (Å²) in [6.45, 7) is 5.02. The Hall–Kier alpha value is -2.77. The second-order valence-electron chi connectivity index (χ2n) is 8.25. The van der Waals surface area contributed by atoms with Gasteiger partial charge in [0.25, 0.3) is 0 Å². The van der Waals surface area contributed by atoms with Gasteiger partial charge in [0.05, 0.1) is 6.10 Å². The van der Waals surface area contributed by atoms with E-state index >= 15 is 0 Å². The average molecular weight is 475 g/mol. The van der Waals surface area contributed by atoms with Crippen molar-refractivity contribution in [2.75, 3.05) is 6.54 Å². The Morgan fingerprint density at radius 2 is 1.42 bits per heavy atom. The number of aliphatic hydroxyl groups is 1. The van der Waals surface area contributed by atoms with Crippen LogP contribution in [0, 0.1) is 5.92 Å². The van der Waals surface area contributed by atoms with Crippen LogP contribution >= 0.6 is 0 Å². The van der Waals surface area contributed by atoms with E-state index in [1.807, 2.05) is 0 Å². The van der Waals surface area contributed by atoms with Crippen LogP contribution in [-0.4, -0.2) is 76.6 Å². The number of unbranched alkanes of at least 4 members (excludes halogenated alkanes) is 1. The Morgan fingerprint density at radius 3 is 1.88 bits per heavy atom. The Morgan fingerprint density at radius 1 is 0.848 bits per heavy atom. The number of primary amides is 1. The molecule has 13 heteroatoms. The third-order valence-electron chi connectivity index (χ3n) is 4.94. The van der Waals surface area contributed by atoms with Gasteiger partial charge in [0.15, 0.2) is 0 Å². The molecule has 5 unspecified atom stereocenters. The smallest absolute Gasteiger partial charge is 0.326 e. The maximum absolute atomic E-state index is 12.9. The predicted molar refractivity (Wildman–Crippen MR) is 119 cm³/mol. The Kier molecular flexibility index (Phi) is 13.9. The molecule has 13 nitrogen and oxygen atoms in total. The summed E-state index contributed by atoms with van der Waals surface area (Å²) < 4.78 is 0. The number of rotatable bonds is 16. The average Bonchev–Trinajstić information content (AvgIpc) is 2.72. The van der Waals surface area contributed by atoms with Gasteiger partial charge in [-0.25, -0.2) is 4.79 Å².